The van der Waals surface area contributed by atoms with E-state index in [1.54, 1.807) is 29.0 Å². The maximum atomic E-state index is 14.8. The first kappa shape index (κ1) is 38.8. The number of nitrogens with zero attached hydrogens (tertiary/aromatic N) is 3. The van der Waals surface area contributed by atoms with E-state index in [4.69, 9.17) is 9.47 Å². The first-order valence-corrected chi connectivity index (χ1v) is 18.6. The van der Waals surface area contributed by atoms with E-state index in [1.165, 1.54) is 4.90 Å². The molecule has 1 unspecified atom stereocenters. The number of benzene rings is 1. The fourth-order valence-corrected chi connectivity index (χ4v) is 8.82. The van der Waals surface area contributed by atoms with Crippen LogP contribution in [0.5, 0.6) is 0 Å². The Morgan fingerprint density at radius 2 is 1.88 bits per heavy atom. The first-order valence-electron chi connectivity index (χ1n) is 17.7. The van der Waals surface area contributed by atoms with Gasteiger partial charge in [-0.25, -0.2) is 0 Å². The van der Waals surface area contributed by atoms with E-state index in [1.807, 2.05) is 58.0 Å². The van der Waals surface area contributed by atoms with Crippen molar-refractivity contribution in [3.63, 3.8) is 0 Å². The van der Waals surface area contributed by atoms with Crippen molar-refractivity contribution in [3.05, 3.63) is 61.2 Å². The highest BCUT2D eigenvalue weighted by molar-refractivity contribution is 9.09. The van der Waals surface area contributed by atoms with Crippen LogP contribution in [0.15, 0.2) is 55.6 Å². The number of halogens is 1. The molecule has 0 aliphatic carbocycles. The van der Waals surface area contributed by atoms with Crippen molar-refractivity contribution in [1.82, 2.24) is 14.7 Å². The number of allylic oxidation sites excluding steroid dienone is 1. The lowest BCUT2D eigenvalue weighted by Crippen LogP contribution is -2.60. The third kappa shape index (κ3) is 7.40. The summed E-state index contributed by atoms with van der Waals surface area (Å²) in [5, 5.41) is 10.7. The number of likely N-dealkylation sites (tertiary alicyclic amines) is 1. The highest BCUT2D eigenvalue weighted by Crippen LogP contribution is 2.61. The van der Waals surface area contributed by atoms with E-state index in [0.717, 1.165) is 12.8 Å². The third-order valence-corrected chi connectivity index (χ3v) is 11.7. The number of ether oxygens (including phenoxy) is 2. The largest absolute Gasteiger partial charge is 0.455 e. The average Bonchev–Trinajstić information content (AvgIpc) is 3.70. The molecule has 3 heterocycles. The van der Waals surface area contributed by atoms with Gasteiger partial charge in [-0.05, 0) is 37.7 Å². The van der Waals surface area contributed by atoms with E-state index in [-0.39, 0.29) is 41.5 Å². The van der Waals surface area contributed by atoms with Gasteiger partial charge in [0.2, 0.25) is 17.7 Å². The van der Waals surface area contributed by atoms with E-state index in [9.17, 15) is 24.3 Å². The smallest absolute Gasteiger partial charge is 0.313 e. The van der Waals surface area contributed by atoms with Crippen LogP contribution >= 0.6 is 15.9 Å². The predicted octanol–water partition coefficient (Wildman–Crippen LogP) is 5.05. The number of esters is 1. The molecule has 270 valence electrons. The van der Waals surface area contributed by atoms with E-state index in [2.05, 4.69) is 29.1 Å². The van der Waals surface area contributed by atoms with Crippen LogP contribution in [-0.2, 0) is 28.7 Å². The Kier molecular flexibility index (Phi) is 13.3. The molecule has 3 amide bonds. The topological polar surface area (TPSA) is 117 Å². The van der Waals surface area contributed by atoms with Crippen molar-refractivity contribution in [1.29, 1.82) is 0 Å². The third-order valence-electron chi connectivity index (χ3n) is 10.9. The normalized spacial score (nSPS) is 27.9. The minimum atomic E-state index is -1.30. The van der Waals surface area contributed by atoms with Crippen molar-refractivity contribution in [2.75, 3.05) is 26.7 Å². The van der Waals surface area contributed by atoms with Gasteiger partial charge in [-0.1, -0.05) is 92.0 Å². The summed E-state index contributed by atoms with van der Waals surface area (Å²) in [5.41, 5.74) is -0.587. The summed E-state index contributed by atoms with van der Waals surface area (Å²) in [7, 11) is 1.69. The Morgan fingerprint density at radius 3 is 2.47 bits per heavy atom. The molecule has 1 aromatic carbocycles. The highest BCUT2D eigenvalue weighted by Gasteiger charge is 2.77. The minimum Gasteiger partial charge on any atom is -0.455 e. The summed E-state index contributed by atoms with van der Waals surface area (Å²) >= 11 is 3.75. The number of aliphatic hydroxyl groups excluding tert-OH is 1. The SMILES string of the molecule is C=CCCC(=O)N(C)[C@H](C)[C@H](OC(=O)[C@@H]1[C@H]2O[C@@]3(CC2Br)[C@H](C(=O)N(CC=C)CCCC)N([C@@H](CO)[C@@H](C)CC)C(=O)[C@@H]13)c1ccccc1. The summed E-state index contributed by atoms with van der Waals surface area (Å²) in [6.07, 6.45) is 5.29. The molecule has 1 aromatic rings. The average molecular weight is 745 g/mol. The van der Waals surface area contributed by atoms with Gasteiger partial charge in [0.15, 0.2) is 0 Å². The number of hydrogen-bond acceptors (Lipinski definition) is 7. The molecule has 1 N–H and O–H groups in total. The van der Waals surface area contributed by atoms with Gasteiger partial charge in [0, 0.05) is 31.4 Å². The Bertz CT molecular complexity index is 1360. The number of amides is 3. The second-order valence-electron chi connectivity index (χ2n) is 13.8. The number of likely N-dealkylation sites (N-methyl/N-ethyl adjacent to an activating group) is 1. The summed E-state index contributed by atoms with van der Waals surface area (Å²) in [6.45, 7) is 15.8. The van der Waals surface area contributed by atoms with Crippen molar-refractivity contribution in [3.8, 4) is 0 Å². The molecular formula is C38H54BrN3O7. The van der Waals surface area contributed by atoms with Gasteiger partial charge in [0.05, 0.1) is 36.6 Å². The van der Waals surface area contributed by atoms with Crippen LogP contribution in [0, 0.1) is 17.8 Å². The maximum absolute atomic E-state index is 14.8. The molecule has 3 aliphatic heterocycles. The van der Waals surface area contributed by atoms with E-state index < -0.39 is 53.7 Å². The van der Waals surface area contributed by atoms with Gasteiger partial charge in [0.1, 0.15) is 17.7 Å². The fourth-order valence-electron chi connectivity index (χ4n) is 7.88. The van der Waals surface area contributed by atoms with Crippen LogP contribution in [0.25, 0.3) is 0 Å². The molecule has 0 radical (unpaired) electrons. The Morgan fingerprint density at radius 1 is 1.18 bits per heavy atom. The van der Waals surface area contributed by atoms with Crippen molar-refractivity contribution < 1.29 is 33.8 Å². The lowest BCUT2D eigenvalue weighted by Gasteiger charge is -2.41. The van der Waals surface area contributed by atoms with Crippen molar-refractivity contribution in [2.45, 2.75) is 107 Å². The number of hydrogen-bond donors (Lipinski definition) is 1. The maximum Gasteiger partial charge on any atom is 0.313 e. The molecule has 3 fully saturated rings. The van der Waals surface area contributed by atoms with E-state index in [0.29, 0.717) is 37.9 Å². The van der Waals surface area contributed by atoms with Crippen LogP contribution in [0.1, 0.15) is 77.9 Å². The zero-order valence-electron chi connectivity index (χ0n) is 29.6. The molecule has 0 aromatic heterocycles. The Hall–Kier alpha value is -3.02. The predicted molar refractivity (Wildman–Crippen MR) is 192 cm³/mol. The lowest BCUT2D eigenvalue weighted by molar-refractivity contribution is -0.165. The number of fused-ring (bicyclic) bond motifs is 1. The second-order valence-corrected chi connectivity index (χ2v) is 15.0. The molecule has 2 bridgehead atoms. The van der Waals surface area contributed by atoms with Crippen LogP contribution in [0.4, 0.5) is 0 Å². The summed E-state index contributed by atoms with van der Waals surface area (Å²) in [4.78, 5) is 61.5. The summed E-state index contributed by atoms with van der Waals surface area (Å²) in [6, 6.07) is 7.04. The monoisotopic (exact) mass is 743 g/mol. The quantitative estimate of drug-likeness (QED) is 0.127. The zero-order valence-corrected chi connectivity index (χ0v) is 31.2. The number of rotatable bonds is 18. The number of aliphatic hydroxyl groups is 1. The zero-order chi connectivity index (χ0) is 36.0. The standard InChI is InChI=1S/C38H54BrN3O7/c1-8-12-19-29(44)40(7)25(6)32(26-17-15-14-16-18-26)48-37(47)30-31-35(45)42(28(23-43)24(5)11-4)34(38(31)22-27(39)33(30)49-38)36(46)41(20-10-3)21-13-9-2/h8,10,14-18,24-25,27-28,30-34,43H,1,3,9,11-13,19-23H2,2,4-7H3/t24-,25+,27?,28-,30-,31+,32-,33-,34-,38+/m0/s1. The first-order chi connectivity index (χ1) is 23.4. The Balaban J connectivity index is 1.76. The van der Waals surface area contributed by atoms with Gasteiger partial charge in [-0.15, -0.1) is 13.2 Å². The molecule has 0 saturated carbocycles. The summed E-state index contributed by atoms with van der Waals surface area (Å²) in [5.74, 6) is -3.49. The molecule has 11 heteroatoms. The van der Waals surface area contributed by atoms with Gasteiger partial charge < -0.3 is 29.3 Å². The summed E-state index contributed by atoms with van der Waals surface area (Å²) < 4.78 is 13.1. The minimum absolute atomic E-state index is 0.109. The van der Waals surface area contributed by atoms with E-state index >= 15 is 0 Å². The van der Waals surface area contributed by atoms with Crippen molar-refractivity contribution >= 4 is 39.6 Å². The van der Waals surface area contributed by atoms with Crippen molar-refractivity contribution in [2.24, 2.45) is 17.8 Å². The molecule has 4 rings (SSSR count). The molecule has 10 nitrogen and oxygen atoms in total. The van der Waals surface area contributed by atoms with Gasteiger partial charge in [-0.3, -0.25) is 19.2 Å². The molecule has 3 aliphatic rings. The molecular weight excluding hydrogens is 690 g/mol. The Labute approximate surface area is 300 Å². The van der Waals surface area contributed by atoms with Crippen LogP contribution in [0.3, 0.4) is 0 Å². The van der Waals surface area contributed by atoms with Gasteiger partial charge in [0.25, 0.3) is 0 Å². The lowest BCUT2D eigenvalue weighted by atomic mass is 9.70. The van der Waals surface area contributed by atoms with Gasteiger partial charge >= 0.3 is 5.97 Å². The second kappa shape index (κ2) is 16.8. The number of alkyl halides is 1. The molecule has 10 atom stereocenters. The highest BCUT2D eigenvalue weighted by atomic mass is 79.9. The molecule has 1 spiro atoms. The number of carbonyl (C=O) groups is 4. The fraction of sp³-hybridized carbons (Fsp3) is 0.632. The molecule has 49 heavy (non-hydrogen) atoms. The van der Waals surface area contributed by atoms with Crippen LogP contribution < -0.4 is 0 Å². The van der Waals surface area contributed by atoms with Crippen LogP contribution in [-0.4, -0.2) is 105 Å². The number of carbonyl (C=O) groups excluding carboxylic acids is 4. The number of unbranched alkanes of at least 4 members (excludes halogenated alkanes) is 1. The molecule has 3 saturated heterocycles. The van der Waals surface area contributed by atoms with Gasteiger partial charge in [-0.2, -0.15) is 0 Å². The van der Waals surface area contributed by atoms with Crippen LogP contribution in [0.2, 0.25) is 0 Å².